The summed E-state index contributed by atoms with van der Waals surface area (Å²) in [4.78, 5) is 24.1. The van der Waals surface area contributed by atoms with Crippen LogP contribution < -0.4 is 0 Å². The van der Waals surface area contributed by atoms with Gasteiger partial charge in [-0.15, -0.1) is 0 Å². The van der Waals surface area contributed by atoms with Crippen LogP contribution in [0.15, 0.2) is 24.3 Å². The number of Topliss-reactive ketones (excluding diaryl/α,β-unsaturated/α-hetero) is 1. The number of ketones is 1. The highest BCUT2D eigenvalue weighted by Crippen LogP contribution is 2.37. The van der Waals surface area contributed by atoms with Crippen LogP contribution in [-0.4, -0.2) is 35.7 Å². The number of nitro groups is 1. The number of likely N-dealkylation sites (N-methyl/N-ethyl adjacent to an activating group) is 1. The quantitative estimate of drug-likeness (QED) is 0.448. The number of hydrogen-bond donors (Lipinski definition) is 0. The molecule has 0 spiro atoms. The smallest absolute Gasteiger partial charge is 0.269 e. The van der Waals surface area contributed by atoms with Gasteiger partial charge < -0.3 is 0 Å². The number of rotatable bonds is 6. The van der Waals surface area contributed by atoms with Gasteiger partial charge in [0.2, 0.25) is 0 Å². The summed E-state index contributed by atoms with van der Waals surface area (Å²) in [5.74, 6) is 1.50. The van der Waals surface area contributed by atoms with Crippen molar-refractivity contribution in [3.8, 4) is 0 Å². The van der Waals surface area contributed by atoms with Crippen LogP contribution in [0.1, 0.15) is 23.7 Å². The van der Waals surface area contributed by atoms with Gasteiger partial charge in [0, 0.05) is 24.2 Å². The van der Waals surface area contributed by atoms with E-state index < -0.39 is 4.92 Å². The van der Waals surface area contributed by atoms with Gasteiger partial charge in [0.25, 0.3) is 5.69 Å². The molecule has 0 radical (unpaired) electrons. The molecule has 19 heavy (non-hydrogen) atoms. The fraction of sp³-hybridized carbons (Fsp3) is 0.500. The standard InChI is InChI=1S/C14H18N2O3/c1-10-7-12(10)8-15(2)9-14(17)11-3-5-13(6-4-11)16(18)19/h3-6,10,12H,7-9H2,1-2H3. The summed E-state index contributed by atoms with van der Waals surface area (Å²) in [7, 11) is 1.94. The SMILES string of the molecule is CC1CC1CN(C)CC(=O)c1ccc([N+](=O)[O-])cc1. The Kier molecular flexibility index (Phi) is 3.95. The van der Waals surface area contributed by atoms with E-state index in [0.29, 0.717) is 12.1 Å². The van der Waals surface area contributed by atoms with Crippen molar-refractivity contribution in [2.75, 3.05) is 20.1 Å². The lowest BCUT2D eigenvalue weighted by atomic mass is 10.1. The summed E-state index contributed by atoms with van der Waals surface area (Å²) in [6.45, 7) is 3.53. The maximum absolute atomic E-state index is 12.0. The van der Waals surface area contributed by atoms with Crippen molar-refractivity contribution >= 4 is 11.5 Å². The van der Waals surface area contributed by atoms with Crippen molar-refractivity contribution in [2.24, 2.45) is 11.8 Å². The zero-order chi connectivity index (χ0) is 14.0. The second-order valence-corrected chi connectivity index (χ2v) is 5.40. The zero-order valence-electron chi connectivity index (χ0n) is 11.2. The van der Waals surface area contributed by atoms with E-state index in [1.54, 1.807) is 0 Å². The van der Waals surface area contributed by atoms with Gasteiger partial charge in [-0.2, -0.15) is 0 Å². The first kappa shape index (κ1) is 13.7. The summed E-state index contributed by atoms with van der Waals surface area (Å²) in [6.07, 6.45) is 1.25. The maximum atomic E-state index is 12.0. The van der Waals surface area contributed by atoms with E-state index in [0.717, 1.165) is 18.4 Å². The van der Waals surface area contributed by atoms with Crippen LogP contribution in [0.5, 0.6) is 0 Å². The normalized spacial score (nSPS) is 21.4. The van der Waals surface area contributed by atoms with Crippen molar-refractivity contribution in [3.05, 3.63) is 39.9 Å². The first-order valence-corrected chi connectivity index (χ1v) is 6.43. The molecule has 5 heteroatoms. The Morgan fingerprint density at radius 1 is 1.42 bits per heavy atom. The Balaban J connectivity index is 1.90. The molecule has 102 valence electrons. The molecule has 1 aromatic carbocycles. The second kappa shape index (κ2) is 5.48. The Morgan fingerprint density at radius 3 is 2.47 bits per heavy atom. The molecule has 1 aromatic rings. The Hall–Kier alpha value is -1.75. The van der Waals surface area contributed by atoms with Gasteiger partial charge in [0.05, 0.1) is 11.5 Å². The average Bonchev–Trinajstić information content (AvgIpc) is 3.04. The first-order chi connectivity index (χ1) is 8.97. The molecule has 0 N–H and O–H groups in total. The maximum Gasteiger partial charge on any atom is 0.269 e. The van der Waals surface area contributed by atoms with Crippen LogP contribution in [0, 0.1) is 22.0 Å². The molecule has 2 unspecified atom stereocenters. The lowest BCUT2D eigenvalue weighted by Crippen LogP contribution is -2.28. The van der Waals surface area contributed by atoms with Gasteiger partial charge in [-0.05, 0) is 37.4 Å². The highest BCUT2D eigenvalue weighted by molar-refractivity contribution is 5.97. The van der Waals surface area contributed by atoms with E-state index in [1.807, 2.05) is 11.9 Å². The number of non-ortho nitro benzene ring substituents is 1. The summed E-state index contributed by atoms with van der Waals surface area (Å²) in [5.41, 5.74) is 0.540. The third-order valence-corrected chi connectivity index (χ3v) is 3.64. The van der Waals surface area contributed by atoms with E-state index in [1.165, 1.54) is 30.7 Å². The molecular weight excluding hydrogens is 244 g/mol. The van der Waals surface area contributed by atoms with Gasteiger partial charge in [-0.25, -0.2) is 0 Å². The van der Waals surface area contributed by atoms with E-state index in [2.05, 4.69) is 6.92 Å². The van der Waals surface area contributed by atoms with Gasteiger partial charge in [-0.3, -0.25) is 19.8 Å². The van der Waals surface area contributed by atoms with Crippen molar-refractivity contribution < 1.29 is 9.72 Å². The lowest BCUT2D eigenvalue weighted by molar-refractivity contribution is -0.384. The zero-order valence-corrected chi connectivity index (χ0v) is 11.2. The monoisotopic (exact) mass is 262 g/mol. The summed E-state index contributed by atoms with van der Waals surface area (Å²) in [6, 6.07) is 5.79. The van der Waals surface area contributed by atoms with E-state index in [9.17, 15) is 14.9 Å². The molecule has 5 nitrogen and oxygen atoms in total. The topological polar surface area (TPSA) is 63.5 Å². The van der Waals surface area contributed by atoms with Crippen LogP contribution in [-0.2, 0) is 0 Å². The minimum absolute atomic E-state index is 0.00528. The van der Waals surface area contributed by atoms with E-state index in [-0.39, 0.29) is 11.5 Å². The average molecular weight is 262 g/mol. The molecule has 0 aliphatic heterocycles. The van der Waals surface area contributed by atoms with Crippen LogP contribution in [0.25, 0.3) is 0 Å². The fourth-order valence-electron chi connectivity index (χ4n) is 2.22. The van der Waals surface area contributed by atoms with Crippen LogP contribution >= 0.6 is 0 Å². The molecule has 1 aliphatic rings. The van der Waals surface area contributed by atoms with Crippen molar-refractivity contribution in [1.82, 2.24) is 4.90 Å². The Morgan fingerprint density at radius 2 is 2.00 bits per heavy atom. The fourth-order valence-corrected chi connectivity index (χ4v) is 2.22. The largest absolute Gasteiger partial charge is 0.299 e. The number of carbonyl (C=O) groups is 1. The van der Waals surface area contributed by atoms with Crippen LogP contribution in [0.4, 0.5) is 5.69 Å². The molecule has 1 aliphatic carbocycles. The predicted octanol–water partition coefficient (Wildman–Crippen LogP) is 2.37. The highest BCUT2D eigenvalue weighted by atomic mass is 16.6. The molecule has 0 bridgehead atoms. The molecule has 0 aromatic heterocycles. The molecule has 0 amide bonds. The van der Waals surface area contributed by atoms with Gasteiger partial charge in [0.15, 0.2) is 5.78 Å². The number of benzene rings is 1. The van der Waals surface area contributed by atoms with Crippen molar-refractivity contribution in [1.29, 1.82) is 0 Å². The Labute approximate surface area is 112 Å². The summed E-state index contributed by atoms with van der Waals surface area (Å²) >= 11 is 0. The van der Waals surface area contributed by atoms with Gasteiger partial charge in [0.1, 0.15) is 0 Å². The van der Waals surface area contributed by atoms with Crippen molar-refractivity contribution in [2.45, 2.75) is 13.3 Å². The molecule has 0 saturated heterocycles. The molecular formula is C14H18N2O3. The lowest BCUT2D eigenvalue weighted by Gasteiger charge is -2.15. The Bertz CT molecular complexity index is 484. The summed E-state index contributed by atoms with van der Waals surface area (Å²) in [5, 5.41) is 10.5. The number of nitro benzene ring substituents is 1. The van der Waals surface area contributed by atoms with Gasteiger partial charge >= 0.3 is 0 Å². The van der Waals surface area contributed by atoms with Crippen molar-refractivity contribution in [3.63, 3.8) is 0 Å². The molecule has 1 saturated carbocycles. The minimum atomic E-state index is -0.463. The molecule has 2 rings (SSSR count). The molecule has 2 atom stereocenters. The summed E-state index contributed by atoms with van der Waals surface area (Å²) < 4.78 is 0. The molecule has 1 fully saturated rings. The number of nitrogens with zero attached hydrogens (tertiary/aromatic N) is 2. The number of carbonyl (C=O) groups excluding carboxylic acids is 1. The molecule has 0 heterocycles. The van der Waals surface area contributed by atoms with E-state index >= 15 is 0 Å². The second-order valence-electron chi connectivity index (χ2n) is 5.40. The third-order valence-electron chi connectivity index (χ3n) is 3.64. The van der Waals surface area contributed by atoms with Crippen LogP contribution in [0.2, 0.25) is 0 Å². The van der Waals surface area contributed by atoms with Crippen LogP contribution in [0.3, 0.4) is 0 Å². The first-order valence-electron chi connectivity index (χ1n) is 6.43. The van der Waals surface area contributed by atoms with Gasteiger partial charge in [-0.1, -0.05) is 6.92 Å². The third kappa shape index (κ3) is 3.61. The highest BCUT2D eigenvalue weighted by Gasteiger charge is 2.33. The minimum Gasteiger partial charge on any atom is -0.299 e. The predicted molar refractivity (Wildman–Crippen MR) is 72.2 cm³/mol. The van der Waals surface area contributed by atoms with E-state index in [4.69, 9.17) is 0 Å². The number of hydrogen-bond acceptors (Lipinski definition) is 4.